The van der Waals surface area contributed by atoms with Crippen molar-refractivity contribution in [2.24, 2.45) is 33.0 Å². The molecule has 0 aromatic carbocycles. The molecule has 3 rings (SSSR count). The highest BCUT2D eigenvalue weighted by atomic mass is 16.5. The van der Waals surface area contributed by atoms with E-state index in [2.05, 4.69) is 80.5 Å². The Morgan fingerprint density at radius 1 is 1.05 bits per heavy atom. The number of hydrogen-bond donors (Lipinski definition) is 0. The fourth-order valence-electron chi connectivity index (χ4n) is 8.71. The van der Waals surface area contributed by atoms with Crippen LogP contribution in [0.4, 0.5) is 0 Å². The van der Waals surface area contributed by atoms with Gasteiger partial charge in [0.05, 0.1) is 13.3 Å². The van der Waals surface area contributed by atoms with Gasteiger partial charge in [-0.3, -0.25) is 4.79 Å². The second kappa shape index (κ2) is 12.1. The van der Waals surface area contributed by atoms with Crippen molar-refractivity contribution in [2.45, 2.75) is 139 Å². The van der Waals surface area contributed by atoms with Gasteiger partial charge in [-0.05, 0) is 97.4 Å². The zero-order valence-corrected chi connectivity index (χ0v) is 28.8. The van der Waals surface area contributed by atoms with Gasteiger partial charge in [0, 0.05) is 17.1 Å². The number of methoxy groups -OCH3 is 1. The highest BCUT2D eigenvalue weighted by molar-refractivity contribution is 5.88. The number of aromatic nitrogens is 1. The van der Waals surface area contributed by atoms with Crippen molar-refractivity contribution in [1.29, 1.82) is 0 Å². The lowest BCUT2D eigenvalue weighted by Crippen LogP contribution is -2.56. The first-order chi connectivity index (χ1) is 19.3. The molecule has 0 amide bonds. The van der Waals surface area contributed by atoms with Crippen molar-refractivity contribution in [3.05, 3.63) is 41.3 Å². The molecule has 1 aromatic rings. The van der Waals surface area contributed by atoms with Crippen LogP contribution in [0.2, 0.25) is 0 Å². The number of ketones is 1. The van der Waals surface area contributed by atoms with Crippen molar-refractivity contribution in [2.75, 3.05) is 7.11 Å². The average molecular weight is 582 g/mol. The molecule has 1 fully saturated rings. The number of carbonyl (C=O) groups excluding carboxylic acids is 2. The van der Waals surface area contributed by atoms with E-state index in [0.717, 1.165) is 50.7 Å². The third kappa shape index (κ3) is 6.65. The van der Waals surface area contributed by atoms with Crippen LogP contribution < -0.4 is 0 Å². The van der Waals surface area contributed by atoms with Gasteiger partial charge >= 0.3 is 5.97 Å². The van der Waals surface area contributed by atoms with Crippen LogP contribution in [-0.2, 0) is 26.2 Å². The molecule has 1 saturated carbocycles. The zero-order valence-electron chi connectivity index (χ0n) is 28.8. The van der Waals surface area contributed by atoms with Crippen LogP contribution in [-0.4, -0.2) is 24.0 Å². The van der Waals surface area contributed by atoms with Crippen LogP contribution in [0, 0.1) is 33.0 Å². The molecule has 5 heteroatoms. The number of esters is 1. The van der Waals surface area contributed by atoms with Crippen molar-refractivity contribution in [3.63, 3.8) is 0 Å². The van der Waals surface area contributed by atoms with Crippen molar-refractivity contribution in [3.8, 4) is 0 Å². The van der Waals surface area contributed by atoms with Gasteiger partial charge in [0.1, 0.15) is 5.76 Å². The SMILES string of the molecule is CCCC(C)(C)CC[C@](C)(/C=C/C(=O)OC)CCC(C)(C)[C@]1(C)CC[C@H]2C(C)(C)c3oncc3C[C@]2(C)/C1=C/C(C)=O. The summed E-state index contributed by atoms with van der Waals surface area (Å²) < 4.78 is 10.8. The van der Waals surface area contributed by atoms with Crippen LogP contribution in [0.5, 0.6) is 0 Å². The first-order valence-electron chi connectivity index (χ1n) is 16.2. The Kier molecular flexibility index (Phi) is 9.87. The summed E-state index contributed by atoms with van der Waals surface area (Å²) in [6.07, 6.45) is 16.9. The molecule has 236 valence electrons. The van der Waals surface area contributed by atoms with Gasteiger partial charge in [-0.2, -0.15) is 0 Å². The second-order valence-corrected chi connectivity index (χ2v) is 16.4. The van der Waals surface area contributed by atoms with E-state index in [1.165, 1.54) is 31.1 Å². The van der Waals surface area contributed by atoms with Crippen molar-refractivity contribution < 1.29 is 18.8 Å². The largest absolute Gasteiger partial charge is 0.466 e. The molecular weight excluding hydrogens is 522 g/mol. The molecule has 5 nitrogen and oxygen atoms in total. The molecule has 1 heterocycles. The average Bonchev–Trinajstić information content (AvgIpc) is 3.36. The summed E-state index contributed by atoms with van der Waals surface area (Å²) in [6.45, 7) is 25.1. The number of carbonyl (C=O) groups is 2. The minimum absolute atomic E-state index is 0.0827. The maximum atomic E-state index is 12.9. The lowest BCUT2D eigenvalue weighted by Gasteiger charge is -2.62. The fraction of sp³-hybridized carbons (Fsp3) is 0.757. The molecular formula is C37H59NO4. The fourth-order valence-corrected chi connectivity index (χ4v) is 8.71. The molecule has 1 aromatic heterocycles. The number of hydrogen-bond acceptors (Lipinski definition) is 5. The minimum Gasteiger partial charge on any atom is -0.466 e. The van der Waals surface area contributed by atoms with Gasteiger partial charge in [-0.15, -0.1) is 0 Å². The summed E-state index contributed by atoms with van der Waals surface area (Å²) in [5.74, 6) is 1.18. The Bertz CT molecular complexity index is 1200. The summed E-state index contributed by atoms with van der Waals surface area (Å²) in [4.78, 5) is 25.0. The Morgan fingerprint density at radius 3 is 2.29 bits per heavy atom. The molecule has 2 aliphatic carbocycles. The molecule has 0 saturated heterocycles. The van der Waals surface area contributed by atoms with Gasteiger partial charge in [0.15, 0.2) is 5.78 Å². The Labute approximate surface area is 256 Å². The number of nitrogens with zero attached hydrogens (tertiary/aromatic N) is 1. The summed E-state index contributed by atoms with van der Waals surface area (Å²) in [6, 6.07) is 0. The monoisotopic (exact) mass is 581 g/mol. The van der Waals surface area contributed by atoms with E-state index in [1.54, 1.807) is 13.0 Å². The maximum absolute atomic E-state index is 12.9. The van der Waals surface area contributed by atoms with E-state index in [0.29, 0.717) is 5.92 Å². The number of rotatable bonds is 12. The second-order valence-electron chi connectivity index (χ2n) is 16.4. The van der Waals surface area contributed by atoms with Crippen LogP contribution in [0.1, 0.15) is 139 Å². The molecule has 0 spiro atoms. The molecule has 4 atom stereocenters. The van der Waals surface area contributed by atoms with E-state index in [4.69, 9.17) is 9.26 Å². The third-order valence-electron chi connectivity index (χ3n) is 11.9. The predicted octanol–water partition coefficient (Wildman–Crippen LogP) is 9.59. The van der Waals surface area contributed by atoms with E-state index >= 15 is 0 Å². The molecule has 0 N–H and O–H groups in total. The first kappa shape index (κ1) is 34.3. The quantitative estimate of drug-likeness (QED) is 0.182. The van der Waals surface area contributed by atoms with Crippen molar-refractivity contribution >= 4 is 11.8 Å². The molecule has 2 aliphatic rings. The molecule has 0 aliphatic heterocycles. The van der Waals surface area contributed by atoms with Crippen LogP contribution in [0.15, 0.2) is 34.5 Å². The van der Waals surface area contributed by atoms with Gasteiger partial charge < -0.3 is 9.26 Å². The highest BCUT2D eigenvalue weighted by Crippen LogP contribution is 2.67. The highest BCUT2D eigenvalue weighted by Gasteiger charge is 2.61. The standard InChI is InChI=1S/C37H59NO4/c1-13-16-32(3,4)19-21-35(9,17-15-30(40)41-12)22-20-33(5,6)37(11)18-14-28-34(7,8)31-27(25-38-42-31)24-36(28,10)29(37)23-26(2)39/h15,17,23,25,28H,13-14,16,18-22,24H2,1-12H3/b17-15+,29-23-/t28-,35-,36-,37+/m0/s1. The number of fused-ring (bicyclic) bond motifs is 2. The van der Waals surface area contributed by atoms with E-state index in [-0.39, 0.29) is 44.2 Å². The van der Waals surface area contributed by atoms with Crippen LogP contribution in [0.3, 0.4) is 0 Å². The third-order valence-corrected chi connectivity index (χ3v) is 11.9. The van der Waals surface area contributed by atoms with Gasteiger partial charge in [-0.1, -0.05) is 92.5 Å². The summed E-state index contributed by atoms with van der Waals surface area (Å²) in [5, 5.41) is 4.20. The predicted molar refractivity (Wildman–Crippen MR) is 171 cm³/mol. The zero-order chi connectivity index (χ0) is 31.8. The Balaban J connectivity index is 1.98. The van der Waals surface area contributed by atoms with Crippen LogP contribution >= 0.6 is 0 Å². The van der Waals surface area contributed by atoms with E-state index in [1.807, 2.05) is 12.3 Å². The molecule has 0 radical (unpaired) electrons. The smallest absolute Gasteiger partial charge is 0.330 e. The first-order valence-corrected chi connectivity index (χ1v) is 16.2. The molecule has 42 heavy (non-hydrogen) atoms. The van der Waals surface area contributed by atoms with Gasteiger partial charge in [-0.25, -0.2) is 4.79 Å². The number of ether oxygens (including phenoxy) is 1. The van der Waals surface area contributed by atoms with Gasteiger partial charge in [0.2, 0.25) is 0 Å². The van der Waals surface area contributed by atoms with E-state index < -0.39 is 0 Å². The Hall–Kier alpha value is -2.17. The maximum Gasteiger partial charge on any atom is 0.330 e. The lowest BCUT2D eigenvalue weighted by atomic mass is 9.41. The Morgan fingerprint density at radius 2 is 1.69 bits per heavy atom. The summed E-state index contributed by atoms with van der Waals surface area (Å²) in [7, 11) is 1.44. The normalized spacial score (nSPS) is 28.3. The summed E-state index contributed by atoms with van der Waals surface area (Å²) in [5.41, 5.74) is 2.01. The summed E-state index contributed by atoms with van der Waals surface area (Å²) >= 11 is 0. The number of allylic oxidation sites excluding steroid dienone is 3. The molecule has 0 bridgehead atoms. The lowest BCUT2D eigenvalue weighted by molar-refractivity contribution is -0.134. The minimum atomic E-state index is -0.300. The van der Waals surface area contributed by atoms with Gasteiger partial charge in [0.25, 0.3) is 0 Å². The molecule has 0 unspecified atom stereocenters. The van der Waals surface area contributed by atoms with Crippen LogP contribution in [0.25, 0.3) is 0 Å². The topological polar surface area (TPSA) is 69.4 Å². The van der Waals surface area contributed by atoms with Crippen molar-refractivity contribution in [1.82, 2.24) is 5.16 Å². The van der Waals surface area contributed by atoms with E-state index in [9.17, 15) is 9.59 Å².